The first-order valence-electron chi connectivity index (χ1n) is 27.0. The molecule has 21 heteroatoms. The van der Waals surface area contributed by atoms with Gasteiger partial charge in [-0.1, -0.05) is 48.5 Å². The number of rotatable bonds is 28. The molecule has 2 aliphatic carbocycles. The van der Waals surface area contributed by atoms with Gasteiger partial charge in [-0.2, -0.15) is 0 Å². The van der Waals surface area contributed by atoms with E-state index in [0.29, 0.717) is 55.3 Å². The zero-order valence-electron chi connectivity index (χ0n) is 46.5. The van der Waals surface area contributed by atoms with Crippen LogP contribution in [0.25, 0.3) is 0 Å². The number of carbonyl (C=O) groups is 10. The molecule has 432 valence electrons. The second-order valence-electron chi connectivity index (χ2n) is 22.8. The van der Waals surface area contributed by atoms with Gasteiger partial charge >= 0.3 is 17.9 Å². The van der Waals surface area contributed by atoms with E-state index in [-0.39, 0.29) is 50.1 Å². The van der Waals surface area contributed by atoms with Crippen LogP contribution in [0, 0.1) is 11.8 Å². The monoisotopic (exact) mass is 1110 g/mol. The lowest BCUT2D eigenvalue weighted by Gasteiger charge is -2.35. The summed E-state index contributed by atoms with van der Waals surface area (Å²) >= 11 is 0. The second-order valence-corrected chi connectivity index (χ2v) is 22.8. The Bertz CT molecular complexity index is 2560. The summed E-state index contributed by atoms with van der Waals surface area (Å²) in [6, 6.07) is 10.7. The number of amides is 3. The Hall–Kier alpha value is -6.32. The number of ether oxygens (including phenoxy) is 4. The number of Topliss-reactive ketones (excluding diaryl/α,β-unsaturated/α-hetero) is 2. The molecule has 2 aromatic rings. The summed E-state index contributed by atoms with van der Waals surface area (Å²) in [4.78, 5) is 140. The molecule has 0 spiro atoms. The van der Waals surface area contributed by atoms with E-state index >= 15 is 8.78 Å². The third-order valence-corrected chi connectivity index (χ3v) is 16.0. The predicted octanol–water partition coefficient (Wildman–Crippen LogP) is 4.61. The van der Waals surface area contributed by atoms with Gasteiger partial charge in [-0.3, -0.25) is 24.0 Å². The second kappa shape index (κ2) is 25.9. The minimum atomic E-state index is -2.19. The van der Waals surface area contributed by atoms with Crippen LogP contribution in [0.1, 0.15) is 126 Å². The fourth-order valence-corrected chi connectivity index (χ4v) is 10.6. The first kappa shape index (κ1) is 61.9. The highest BCUT2D eigenvalue weighted by Crippen LogP contribution is 2.45. The lowest BCUT2D eigenvalue weighted by molar-refractivity contribution is -0.171. The van der Waals surface area contributed by atoms with Crippen LogP contribution < -0.4 is 5.32 Å². The van der Waals surface area contributed by atoms with Crippen molar-refractivity contribution in [2.45, 2.75) is 163 Å². The lowest BCUT2D eigenvalue weighted by atomic mass is 9.90. The largest absolute Gasteiger partial charge is 0.478 e. The molecule has 6 atom stereocenters. The van der Waals surface area contributed by atoms with Crippen LogP contribution in [-0.4, -0.2) is 181 Å². The number of nitrogens with zero attached hydrogens (tertiary/aromatic N) is 3. The summed E-state index contributed by atoms with van der Waals surface area (Å²) < 4.78 is 53.5. The van der Waals surface area contributed by atoms with Crippen molar-refractivity contribution < 1.29 is 80.8 Å². The van der Waals surface area contributed by atoms with Gasteiger partial charge in [0.15, 0.2) is 29.5 Å². The first-order chi connectivity index (χ1) is 37.2. The summed E-state index contributed by atoms with van der Waals surface area (Å²) in [5.74, 6) is -12.9. The number of esters is 2. The van der Waals surface area contributed by atoms with Gasteiger partial charge in [0.05, 0.1) is 5.54 Å². The molecule has 2 aliphatic heterocycles. The van der Waals surface area contributed by atoms with E-state index in [1.54, 1.807) is 24.3 Å². The Kier molecular flexibility index (Phi) is 20.3. The van der Waals surface area contributed by atoms with Gasteiger partial charge in [0.1, 0.15) is 41.5 Å². The van der Waals surface area contributed by atoms with Crippen LogP contribution in [0.5, 0.6) is 0 Å². The molecule has 2 saturated heterocycles. The highest BCUT2D eigenvalue weighted by molar-refractivity contribution is 6.18. The van der Waals surface area contributed by atoms with Crippen molar-refractivity contribution in [1.29, 1.82) is 0 Å². The van der Waals surface area contributed by atoms with E-state index < -0.39 is 119 Å². The van der Waals surface area contributed by atoms with Crippen molar-refractivity contribution >= 4 is 59.8 Å². The maximum Gasteiger partial charge on any atom is 0.345 e. The molecule has 0 radical (unpaired) electrons. The van der Waals surface area contributed by atoms with E-state index in [1.807, 2.05) is 24.3 Å². The minimum Gasteiger partial charge on any atom is -0.478 e. The van der Waals surface area contributed by atoms with Crippen LogP contribution in [0.3, 0.4) is 0 Å². The number of aldehydes is 2. The third-order valence-electron chi connectivity index (χ3n) is 16.0. The Morgan fingerprint density at radius 1 is 0.633 bits per heavy atom. The zero-order chi connectivity index (χ0) is 58.2. The average molecular weight is 1110 g/mol. The number of carboxylic acid groups (broad SMARTS) is 1. The lowest BCUT2D eigenvalue weighted by Crippen LogP contribution is -2.56. The maximum atomic E-state index is 15.6. The molecule has 6 rings (SSSR count). The van der Waals surface area contributed by atoms with Crippen LogP contribution in [0.15, 0.2) is 48.5 Å². The van der Waals surface area contributed by atoms with E-state index in [0.717, 1.165) is 88.4 Å². The van der Waals surface area contributed by atoms with E-state index in [9.17, 15) is 53.1 Å². The molecule has 4 aliphatic rings. The average Bonchev–Trinajstić information content (AvgIpc) is 4.48. The Labute approximate surface area is 459 Å². The Balaban J connectivity index is 1.24. The van der Waals surface area contributed by atoms with Crippen molar-refractivity contribution in [3.05, 3.63) is 70.8 Å². The molecule has 0 aromatic heterocycles. The van der Waals surface area contributed by atoms with Crippen LogP contribution in [-0.2, 0) is 79.7 Å². The Morgan fingerprint density at radius 3 is 1.35 bits per heavy atom. The summed E-state index contributed by atoms with van der Waals surface area (Å²) in [5, 5.41) is 13.0. The van der Waals surface area contributed by atoms with Crippen molar-refractivity contribution in [2.75, 3.05) is 54.6 Å². The fourth-order valence-electron chi connectivity index (χ4n) is 10.6. The van der Waals surface area contributed by atoms with Crippen LogP contribution >= 0.6 is 0 Å². The van der Waals surface area contributed by atoms with E-state index in [2.05, 4.69) is 5.32 Å². The molecule has 4 fully saturated rings. The molecule has 2 heterocycles. The Morgan fingerprint density at radius 2 is 1.01 bits per heavy atom. The molecule has 2 N–H and O–H groups in total. The summed E-state index contributed by atoms with van der Waals surface area (Å²) in [5.41, 5.74) is -4.29. The number of benzene rings is 2. The van der Waals surface area contributed by atoms with Gasteiger partial charge in [-0.05, 0) is 120 Å². The van der Waals surface area contributed by atoms with E-state index in [1.165, 1.54) is 14.1 Å². The van der Waals surface area contributed by atoms with Crippen molar-refractivity contribution in [3.8, 4) is 0 Å². The SMILES string of the molecule is CNC1(C(=O)[C@@H](C=O)C(=O)N(C)[C@@H](CC(C)(C)F)C(=O)O[C@H](Cc2ccc(C3CCOCC3)cc2)C(=O)N(C)C2(C(=O)[C@@H](C=O)C(=O)N(C)[C@@H](CC(C)(C)F)C(=O)O[C@H](Cc3ccc(C4CCOCC4)cc3)C(=O)O)CC2)CC1. The number of alkyl halides is 2. The molecule has 3 amide bonds. The molecule has 19 nitrogen and oxygen atoms in total. The number of nitrogens with one attached hydrogen (secondary N) is 1. The molecule has 2 saturated carbocycles. The number of aliphatic carboxylic acids is 1. The fraction of sp³-hybridized carbons (Fsp3) is 0.621. The molecule has 0 bridgehead atoms. The third kappa shape index (κ3) is 15.3. The van der Waals surface area contributed by atoms with Gasteiger partial charge in [0.2, 0.25) is 17.9 Å². The normalized spacial score (nSPS) is 19.4. The summed E-state index contributed by atoms with van der Waals surface area (Å²) in [6.07, 6.45) is -1.67. The standard InChI is InChI=1S/C58H76F2N4O15/c1-55(2,59)31-43(62(6)49(69)41(33-65)47(67)57(61-5)21-22-57)53(74)78-45(29-35-9-13-37(14-10-35)39-17-25-76-26-18-39)51(71)64(8)58(23-24-58)48(68)42(34-66)50(70)63(7)44(32-56(3,4)60)54(75)79-46(52(72)73)30-36-11-15-38(16-12-36)40-19-27-77-28-20-40/h9-16,33-34,39-46,61H,17-32H2,1-8H3,(H,72,73)/t41-,42-,43+,44+,45-,46-/m1/s1. The quantitative estimate of drug-likeness (QED) is 0.0671. The number of hydrogen-bond donors (Lipinski definition) is 2. The van der Waals surface area contributed by atoms with Crippen molar-refractivity contribution in [1.82, 2.24) is 20.0 Å². The number of carbonyl (C=O) groups excluding carboxylic acids is 9. The smallest absolute Gasteiger partial charge is 0.345 e. The molecular formula is C58H76F2N4O15. The van der Waals surface area contributed by atoms with Crippen molar-refractivity contribution in [2.24, 2.45) is 11.8 Å². The number of halogens is 2. The van der Waals surface area contributed by atoms with Gasteiger partial charge in [-0.25, -0.2) is 23.2 Å². The molecule has 2 aromatic carbocycles. The minimum absolute atomic E-state index is 0.0270. The number of ketones is 2. The zero-order valence-corrected chi connectivity index (χ0v) is 46.5. The van der Waals surface area contributed by atoms with Gasteiger partial charge < -0.3 is 53.7 Å². The number of likely N-dealkylation sites (N-methyl/N-ethyl adjacent to an activating group) is 4. The summed E-state index contributed by atoms with van der Waals surface area (Å²) in [7, 11) is 4.88. The topological polar surface area (TPSA) is 250 Å². The van der Waals surface area contributed by atoms with Gasteiger partial charge in [0, 0.05) is 73.3 Å². The summed E-state index contributed by atoms with van der Waals surface area (Å²) in [6.45, 7) is 6.89. The van der Waals surface area contributed by atoms with Crippen molar-refractivity contribution in [3.63, 3.8) is 0 Å². The maximum absolute atomic E-state index is 15.6. The number of carboxylic acids is 1. The van der Waals surface area contributed by atoms with Crippen LogP contribution in [0.4, 0.5) is 8.78 Å². The molecular weight excluding hydrogens is 1030 g/mol. The van der Waals surface area contributed by atoms with Crippen LogP contribution in [0.2, 0.25) is 0 Å². The number of hydrogen-bond acceptors (Lipinski definition) is 15. The molecule has 79 heavy (non-hydrogen) atoms. The predicted molar refractivity (Wildman–Crippen MR) is 281 cm³/mol. The van der Waals surface area contributed by atoms with E-state index in [4.69, 9.17) is 18.9 Å². The van der Waals surface area contributed by atoms with Gasteiger partial charge in [0.25, 0.3) is 5.91 Å². The van der Waals surface area contributed by atoms with Gasteiger partial charge in [-0.15, -0.1) is 0 Å². The highest BCUT2D eigenvalue weighted by Gasteiger charge is 2.60. The first-order valence-corrected chi connectivity index (χ1v) is 27.0. The molecule has 0 unspecified atom stereocenters. The highest BCUT2D eigenvalue weighted by atomic mass is 19.1.